The monoisotopic (exact) mass is 282 g/mol. The van der Waals surface area contributed by atoms with E-state index in [0.29, 0.717) is 11.6 Å². The van der Waals surface area contributed by atoms with Crippen molar-refractivity contribution in [3.8, 4) is 6.07 Å². The molecule has 108 valence electrons. The molecule has 1 N–H and O–H groups in total. The predicted molar refractivity (Wildman–Crippen MR) is 71.2 cm³/mol. The van der Waals surface area contributed by atoms with Crippen LogP contribution in [0.1, 0.15) is 43.7 Å². The highest BCUT2D eigenvalue weighted by Crippen LogP contribution is 2.34. The summed E-state index contributed by atoms with van der Waals surface area (Å²) in [7, 11) is 0. The Hall–Kier alpha value is -1.70. The van der Waals surface area contributed by atoms with Gasteiger partial charge in [0.1, 0.15) is 0 Å². The average Bonchev–Trinajstić information content (AvgIpc) is 2.33. The molecule has 1 aromatic rings. The molecule has 1 fully saturated rings. The maximum absolute atomic E-state index is 12.8. The van der Waals surface area contributed by atoms with Crippen LogP contribution in [0.2, 0.25) is 0 Å². The van der Waals surface area contributed by atoms with Gasteiger partial charge in [0.25, 0.3) is 0 Å². The standard InChI is InChI=1S/C15H17F3N2/c1-10(7-11-3-2-4-11)20-13-6-5-12(9-19)14(8-13)15(16,17)18/h5-6,8,10-11,20H,2-4,7H2,1H3. The van der Waals surface area contributed by atoms with Crippen LogP contribution in [-0.2, 0) is 6.18 Å². The number of rotatable bonds is 4. The van der Waals surface area contributed by atoms with E-state index in [9.17, 15) is 13.2 Å². The molecular weight excluding hydrogens is 265 g/mol. The summed E-state index contributed by atoms with van der Waals surface area (Å²) in [6.07, 6.45) is 0.161. The molecule has 0 radical (unpaired) electrons. The quantitative estimate of drug-likeness (QED) is 0.878. The zero-order valence-corrected chi connectivity index (χ0v) is 11.3. The van der Waals surface area contributed by atoms with Gasteiger partial charge >= 0.3 is 6.18 Å². The SMILES string of the molecule is CC(CC1CCC1)Nc1ccc(C#N)c(C(F)(F)F)c1. The summed E-state index contributed by atoms with van der Waals surface area (Å²) in [5, 5.41) is 11.8. The van der Waals surface area contributed by atoms with Crippen molar-refractivity contribution in [3.63, 3.8) is 0 Å². The summed E-state index contributed by atoms with van der Waals surface area (Å²) in [4.78, 5) is 0. The summed E-state index contributed by atoms with van der Waals surface area (Å²) >= 11 is 0. The van der Waals surface area contributed by atoms with Crippen LogP contribution in [-0.4, -0.2) is 6.04 Å². The van der Waals surface area contributed by atoms with Gasteiger partial charge in [0.05, 0.1) is 17.2 Å². The summed E-state index contributed by atoms with van der Waals surface area (Å²) in [5.41, 5.74) is -0.793. The van der Waals surface area contributed by atoms with Gasteiger partial charge in [-0.05, 0) is 37.5 Å². The summed E-state index contributed by atoms with van der Waals surface area (Å²) < 4.78 is 38.5. The lowest BCUT2D eigenvalue weighted by molar-refractivity contribution is -0.137. The number of nitriles is 1. The number of benzene rings is 1. The molecule has 0 heterocycles. The zero-order valence-electron chi connectivity index (χ0n) is 11.3. The third-order valence-electron chi connectivity index (χ3n) is 3.77. The van der Waals surface area contributed by atoms with E-state index in [0.717, 1.165) is 12.5 Å². The number of hydrogen-bond donors (Lipinski definition) is 1. The first-order chi connectivity index (χ1) is 9.40. The number of anilines is 1. The number of halogens is 3. The van der Waals surface area contributed by atoms with Gasteiger partial charge < -0.3 is 5.32 Å². The molecule has 1 saturated carbocycles. The third-order valence-corrected chi connectivity index (χ3v) is 3.77. The fourth-order valence-corrected chi connectivity index (χ4v) is 2.54. The number of nitrogens with zero attached hydrogens (tertiary/aromatic N) is 1. The van der Waals surface area contributed by atoms with Gasteiger partial charge in [0, 0.05) is 11.7 Å². The minimum atomic E-state index is -4.50. The van der Waals surface area contributed by atoms with E-state index in [1.807, 2.05) is 6.92 Å². The average molecular weight is 282 g/mol. The van der Waals surface area contributed by atoms with E-state index in [1.165, 1.54) is 31.4 Å². The van der Waals surface area contributed by atoms with Gasteiger partial charge in [-0.2, -0.15) is 18.4 Å². The van der Waals surface area contributed by atoms with Crippen LogP contribution in [0.4, 0.5) is 18.9 Å². The Balaban J connectivity index is 2.10. The molecule has 1 aromatic carbocycles. The molecule has 0 saturated heterocycles. The highest BCUT2D eigenvalue weighted by Gasteiger charge is 2.34. The second-order valence-electron chi connectivity index (χ2n) is 5.45. The molecule has 0 aromatic heterocycles. The van der Waals surface area contributed by atoms with Crippen LogP contribution in [0.5, 0.6) is 0 Å². The summed E-state index contributed by atoms with van der Waals surface area (Å²) in [6, 6.07) is 5.50. The largest absolute Gasteiger partial charge is 0.417 e. The van der Waals surface area contributed by atoms with Crippen LogP contribution in [0.25, 0.3) is 0 Å². The molecule has 2 rings (SSSR count). The molecule has 20 heavy (non-hydrogen) atoms. The van der Waals surface area contributed by atoms with Gasteiger partial charge in [0.2, 0.25) is 0 Å². The predicted octanol–water partition coefficient (Wildman–Crippen LogP) is 4.57. The highest BCUT2D eigenvalue weighted by molar-refractivity contribution is 5.53. The normalized spacial score (nSPS) is 17.1. The Kier molecular flexibility index (Phi) is 4.22. The van der Waals surface area contributed by atoms with Crippen molar-refractivity contribution in [1.29, 1.82) is 5.26 Å². The molecule has 0 amide bonds. The maximum atomic E-state index is 12.8. The molecule has 1 aliphatic rings. The van der Waals surface area contributed by atoms with E-state index < -0.39 is 11.7 Å². The molecule has 1 atom stereocenters. The Labute approximate surface area is 116 Å². The molecule has 0 aliphatic heterocycles. The first-order valence-electron chi connectivity index (χ1n) is 6.78. The van der Waals surface area contributed by atoms with E-state index in [4.69, 9.17) is 5.26 Å². The highest BCUT2D eigenvalue weighted by atomic mass is 19.4. The van der Waals surface area contributed by atoms with Crippen LogP contribution < -0.4 is 5.32 Å². The molecule has 1 unspecified atom stereocenters. The van der Waals surface area contributed by atoms with Gasteiger partial charge in [-0.25, -0.2) is 0 Å². The van der Waals surface area contributed by atoms with E-state index in [1.54, 1.807) is 6.07 Å². The molecule has 0 spiro atoms. The lowest BCUT2D eigenvalue weighted by Gasteiger charge is -2.29. The molecule has 2 nitrogen and oxygen atoms in total. The van der Waals surface area contributed by atoms with Gasteiger partial charge in [-0.3, -0.25) is 0 Å². The second kappa shape index (κ2) is 5.74. The lowest BCUT2D eigenvalue weighted by atomic mass is 9.81. The van der Waals surface area contributed by atoms with Gasteiger partial charge in [0.15, 0.2) is 0 Å². The van der Waals surface area contributed by atoms with E-state index >= 15 is 0 Å². The van der Waals surface area contributed by atoms with Crippen molar-refractivity contribution in [1.82, 2.24) is 0 Å². The number of nitrogens with one attached hydrogen (secondary N) is 1. The Morgan fingerprint density at radius 3 is 2.60 bits per heavy atom. The number of alkyl halides is 3. The van der Waals surface area contributed by atoms with E-state index in [2.05, 4.69) is 5.32 Å². The van der Waals surface area contributed by atoms with Crippen molar-refractivity contribution < 1.29 is 13.2 Å². The van der Waals surface area contributed by atoms with Crippen molar-refractivity contribution >= 4 is 5.69 Å². The second-order valence-corrected chi connectivity index (χ2v) is 5.45. The summed E-state index contributed by atoms with van der Waals surface area (Å²) in [6.45, 7) is 1.98. The third kappa shape index (κ3) is 3.44. The fourth-order valence-electron chi connectivity index (χ4n) is 2.54. The van der Waals surface area contributed by atoms with Crippen LogP contribution >= 0.6 is 0 Å². The van der Waals surface area contributed by atoms with Crippen LogP contribution in [0, 0.1) is 17.2 Å². The van der Waals surface area contributed by atoms with Crippen LogP contribution in [0.3, 0.4) is 0 Å². The van der Waals surface area contributed by atoms with Gasteiger partial charge in [-0.1, -0.05) is 19.3 Å². The van der Waals surface area contributed by atoms with Gasteiger partial charge in [-0.15, -0.1) is 0 Å². The number of hydrogen-bond acceptors (Lipinski definition) is 2. The zero-order chi connectivity index (χ0) is 14.8. The Morgan fingerprint density at radius 2 is 2.10 bits per heavy atom. The van der Waals surface area contributed by atoms with Crippen molar-refractivity contribution in [2.24, 2.45) is 5.92 Å². The molecular formula is C15H17F3N2. The Bertz CT molecular complexity index is 513. The minimum absolute atomic E-state index is 0.134. The van der Waals surface area contributed by atoms with Crippen molar-refractivity contribution in [2.75, 3.05) is 5.32 Å². The topological polar surface area (TPSA) is 35.8 Å². The van der Waals surface area contributed by atoms with E-state index in [-0.39, 0.29) is 11.6 Å². The smallest absolute Gasteiger partial charge is 0.383 e. The fraction of sp³-hybridized carbons (Fsp3) is 0.533. The minimum Gasteiger partial charge on any atom is -0.383 e. The molecule has 1 aliphatic carbocycles. The maximum Gasteiger partial charge on any atom is 0.417 e. The Morgan fingerprint density at radius 1 is 1.40 bits per heavy atom. The lowest BCUT2D eigenvalue weighted by Crippen LogP contribution is -2.23. The first-order valence-corrected chi connectivity index (χ1v) is 6.78. The van der Waals surface area contributed by atoms with Crippen LogP contribution in [0.15, 0.2) is 18.2 Å². The molecule has 0 bridgehead atoms. The summed E-state index contributed by atoms with van der Waals surface area (Å²) in [5.74, 6) is 0.693. The van der Waals surface area contributed by atoms with Crippen molar-refractivity contribution in [2.45, 2.75) is 44.8 Å². The first kappa shape index (κ1) is 14.7. The molecule has 5 heteroatoms. The van der Waals surface area contributed by atoms with Crippen molar-refractivity contribution in [3.05, 3.63) is 29.3 Å².